The molecule has 0 unspecified atom stereocenters. The van der Waals surface area contributed by atoms with Crippen LogP contribution in [-0.2, 0) is 29.2 Å². The number of carboxylic acids is 1. The van der Waals surface area contributed by atoms with Crippen LogP contribution in [0.5, 0.6) is 5.75 Å². The number of halogens is 1. The molecule has 0 aliphatic carbocycles. The highest BCUT2D eigenvalue weighted by atomic mass is 32.2. The van der Waals surface area contributed by atoms with Crippen LogP contribution in [-0.4, -0.2) is 91.9 Å². The molecule has 288 valence electrons. The van der Waals surface area contributed by atoms with E-state index in [2.05, 4.69) is 27.2 Å². The van der Waals surface area contributed by atoms with Crippen molar-refractivity contribution in [1.82, 2.24) is 15.4 Å². The van der Waals surface area contributed by atoms with E-state index in [1.165, 1.54) is 36.0 Å². The first-order valence-electron chi connectivity index (χ1n) is 16.9. The van der Waals surface area contributed by atoms with Gasteiger partial charge in [0.1, 0.15) is 22.9 Å². The number of carbonyl (C=O) groups excluding carboxylic acids is 3. The summed E-state index contributed by atoms with van der Waals surface area (Å²) in [5, 5.41) is 24.1. The lowest BCUT2D eigenvalue weighted by atomic mass is 9.92. The molecule has 3 aromatic rings. The minimum atomic E-state index is -3.37. The zero-order valence-electron chi connectivity index (χ0n) is 29.4. The van der Waals surface area contributed by atoms with Crippen molar-refractivity contribution >= 4 is 51.2 Å². The van der Waals surface area contributed by atoms with Gasteiger partial charge in [-0.3, -0.25) is 19.2 Å². The van der Waals surface area contributed by atoms with Crippen molar-refractivity contribution in [2.75, 3.05) is 43.1 Å². The van der Waals surface area contributed by atoms with Crippen LogP contribution in [0.2, 0.25) is 0 Å². The predicted octanol–water partition coefficient (Wildman–Crippen LogP) is 1.84. The molecule has 1 heterocycles. The van der Waals surface area contributed by atoms with Crippen LogP contribution in [0, 0.1) is 17.7 Å². The van der Waals surface area contributed by atoms with Crippen molar-refractivity contribution in [3.63, 3.8) is 0 Å². The number of nitrogens with zero attached hydrogens (tertiary/aromatic N) is 1. The smallest absolute Gasteiger partial charge is 0.320 e. The van der Waals surface area contributed by atoms with Gasteiger partial charge >= 0.3 is 5.97 Å². The third-order valence-electron chi connectivity index (χ3n) is 8.15. The van der Waals surface area contributed by atoms with Crippen molar-refractivity contribution in [3.8, 4) is 17.6 Å². The van der Waals surface area contributed by atoms with E-state index in [1.54, 1.807) is 53.4 Å². The Balaban J connectivity index is 1.35. The Morgan fingerprint density at radius 3 is 2.33 bits per heavy atom. The summed E-state index contributed by atoms with van der Waals surface area (Å²) in [7, 11) is -3.37. The van der Waals surface area contributed by atoms with E-state index in [9.17, 15) is 37.1 Å². The first-order chi connectivity index (χ1) is 25.7. The Labute approximate surface area is 317 Å². The Morgan fingerprint density at radius 2 is 1.69 bits per heavy atom. The summed E-state index contributed by atoms with van der Waals surface area (Å²) >= 11 is 1.28. The van der Waals surface area contributed by atoms with Crippen LogP contribution in [0.1, 0.15) is 48.1 Å². The zero-order valence-corrected chi connectivity index (χ0v) is 31.0. The summed E-state index contributed by atoms with van der Waals surface area (Å²) in [4.78, 5) is 50.3. The molecule has 3 aromatic carbocycles. The number of rotatable bonds is 19. The van der Waals surface area contributed by atoms with E-state index in [4.69, 9.17) is 15.6 Å². The SMILES string of the molecule is CS(=O)(=O)NCC#Cc1ccc(N2C(=O)[C@H](SC[C@H](O)c3ccc(F)cc3)[C@H]2c2ccc(OCC(=O)NCC(=O)NCCCC[C@@H](N)C(=O)O)cc2)cc1. The van der Waals surface area contributed by atoms with Gasteiger partial charge < -0.3 is 36.2 Å². The molecule has 17 heteroatoms. The average molecular weight is 784 g/mol. The summed E-state index contributed by atoms with van der Waals surface area (Å²) in [5.41, 5.74) is 7.96. The molecule has 14 nitrogen and oxygen atoms in total. The molecule has 4 atom stereocenters. The van der Waals surface area contributed by atoms with Gasteiger partial charge in [-0.1, -0.05) is 36.1 Å². The molecule has 0 spiro atoms. The lowest BCUT2D eigenvalue weighted by molar-refractivity contribution is -0.138. The number of thioether (sulfide) groups is 1. The maximum absolute atomic E-state index is 13.6. The van der Waals surface area contributed by atoms with Gasteiger partial charge in [0.25, 0.3) is 5.91 Å². The third kappa shape index (κ3) is 12.8. The molecule has 1 fully saturated rings. The number of hydrogen-bond donors (Lipinski definition) is 6. The molecule has 0 saturated carbocycles. The van der Waals surface area contributed by atoms with Crippen molar-refractivity contribution in [2.45, 2.75) is 42.7 Å². The van der Waals surface area contributed by atoms with Crippen LogP contribution in [0.15, 0.2) is 72.8 Å². The molecule has 54 heavy (non-hydrogen) atoms. The van der Waals surface area contributed by atoms with Crippen LogP contribution < -0.4 is 30.7 Å². The Morgan fingerprint density at radius 1 is 1.00 bits per heavy atom. The van der Waals surface area contributed by atoms with Crippen molar-refractivity contribution < 1.29 is 46.9 Å². The Kier molecular flexibility index (Phi) is 15.4. The van der Waals surface area contributed by atoms with E-state index in [0.717, 1.165) is 11.8 Å². The number of unbranched alkanes of at least 4 members (excludes halogenated alkanes) is 1. The van der Waals surface area contributed by atoms with E-state index < -0.39 is 57.1 Å². The number of aliphatic hydroxyl groups excluding tert-OH is 1. The Hall–Kier alpha value is -4.99. The fraction of sp³-hybridized carbons (Fsp3) is 0.351. The highest BCUT2D eigenvalue weighted by Crippen LogP contribution is 2.46. The lowest BCUT2D eigenvalue weighted by Crippen LogP contribution is -2.57. The van der Waals surface area contributed by atoms with Gasteiger partial charge in [0.05, 0.1) is 31.5 Å². The van der Waals surface area contributed by atoms with Gasteiger partial charge in [0, 0.05) is 23.5 Å². The second kappa shape index (κ2) is 19.9. The summed E-state index contributed by atoms with van der Waals surface area (Å²) in [6.45, 7) is -0.347. The van der Waals surface area contributed by atoms with Gasteiger partial charge in [-0.25, -0.2) is 17.5 Å². The lowest BCUT2D eigenvalue weighted by Gasteiger charge is -2.47. The molecule has 1 aliphatic heterocycles. The number of nitrogens with one attached hydrogen (secondary N) is 3. The van der Waals surface area contributed by atoms with Crippen molar-refractivity contribution in [2.24, 2.45) is 5.73 Å². The largest absolute Gasteiger partial charge is 0.484 e. The summed E-state index contributed by atoms with van der Waals surface area (Å²) in [5.74, 6) is 3.56. The maximum atomic E-state index is 13.6. The molecule has 7 N–H and O–H groups in total. The molecule has 0 bridgehead atoms. The third-order valence-corrected chi connectivity index (χ3v) is 10.1. The molecular weight excluding hydrogens is 742 g/mol. The minimum Gasteiger partial charge on any atom is -0.484 e. The number of ether oxygens (including phenoxy) is 1. The topological polar surface area (TPSA) is 217 Å². The number of carboxylic acid groups (broad SMARTS) is 1. The van der Waals surface area contributed by atoms with E-state index in [0.29, 0.717) is 48.4 Å². The van der Waals surface area contributed by atoms with Crippen LogP contribution in [0.25, 0.3) is 0 Å². The highest BCUT2D eigenvalue weighted by molar-refractivity contribution is 8.00. The highest BCUT2D eigenvalue weighted by Gasteiger charge is 2.49. The van der Waals surface area contributed by atoms with Gasteiger partial charge in [-0.05, 0) is 78.9 Å². The minimum absolute atomic E-state index is 0.0477. The number of sulfonamides is 1. The molecule has 4 rings (SSSR count). The van der Waals surface area contributed by atoms with Gasteiger partial charge in [0.15, 0.2) is 6.61 Å². The monoisotopic (exact) mass is 783 g/mol. The zero-order chi connectivity index (χ0) is 39.3. The van der Waals surface area contributed by atoms with Crippen molar-refractivity contribution in [3.05, 3.63) is 95.3 Å². The number of amides is 3. The molecular formula is C37H42FN5O9S2. The van der Waals surface area contributed by atoms with Crippen LogP contribution >= 0.6 is 11.8 Å². The quantitative estimate of drug-likeness (QED) is 0.0586. The predicted molar refractivity (Wildman–Crippen MR) is 201 cm³/mol. The van der Waals surface area contributed by atoms with E-state index >= 15 is 0 Å². The summed E-state index contributed by atoms with van der Waals surface area (Å²) < 4.78 is 43.9. The number of hydrogen-bond acceptors (Lipinski definition) is 10. The number of nitrogens with two attached hydrogens (primary N) is 1. The van der Waals surface area contributed by atoms with E-state index in [1.807, 2.05) is 0 Å². The first kappa shape index (κ1) is 41.8. The summed E-state index contributed by atoms with van der Waals surface area (Å²) in [6, 6.07) is 17.9. The standard InChI is InChI=1S/C37H42FN5O9S2/c1-54(50,51)42-20-4-5-24-7-15-28(16-8-24)43-34(35(36(43)47)53-23-31(44)25-9-13-27(38)14-10-25)26-11-17-29(18-12-26)52-22-33(46)41-21-32(45)40-19-3-2-6-30(39)37(48)49/h7-18,30-31,34-35,42,44H,2-3,6,19-23,39H2,1H3,(H,40,45)(H,41,46)(H,48,49)/t30-,31+,34-,35-/m1/s1. The number of aliphatic hydroxyl groups is 1. The number of anilines is 1. The second-order valence-electron chi connectivity index (χ2n) is 12.3. The Bertz CT molecular complexity index is 1940. The number of aliphatic carboxylic acids is 1. The van der Waals surface area contributed by atoms with Gasteiger partial charge in [-0.2, -0.15) is 0 Å². The second-order valence-corrected chi connectivity index (χ2v) is 15.3. The average Bonchev–Trinajstić information content (AvgIpc) is 3.14. The molecule has 0 radical (unpaired) electrons. The molecule has 0 aromatic heterocycles. The fourth-order valence-corrected chi connectivity index (χ4v) is 6.91. The number of benzene rings is 3. The van der Waals surface area contributed by atoms with Gasteiger partial charge in [-0.15, -0.1) is 11.8 Å². The number of carbonyl (C=O) groups is 4. The normalized spacial score (nSPS) is 16.3. The maximum Gasteiger partial charge on any atom is 0.320 e. The van der Waals surface area contributed by atoms with Crippen LogP contribution in [0.4, 0.5) is 10.1 Å². The van der Waals surface area contributed by atoms with Gasteiger partial charge in [0.2, 0.25) is 21.8 Å². The van der Waals surface area contributed by atoms with E-state index in [-0.39, 0.29) is 31.4 Å². The number of β-lactam (4-membered cyclic amide) rings is 1. The molecule has 1 aliphatic rings. The first-order valence-corrected chi connectivity index (χ1v) is 19.8. The van der Waals surface area contributed by atoms with Crippen molar-refractivity contribution in [1.29, 1.82) is 0 Å². The molecule has 3 amide bonds. The van der Waals surface area contributed by atoms with Crippen LogP contribution in [0.3, 0.4) is 0 Å². The summed E-state index contributed by atoms with van der Waals surface area (Å²) in [6.07, 6.45) is 1.47. The molecule has 1 saturated heterocycles. The fourth-order valence-electron chi connectivity index (χ4n) is 5.27.